The van der Waals surface area contributed by atoms with E-state index in [1.807, 2.05) is 18.2 Å². The molecule has 4 nitrogen and oxygen atoms in total. The molecule has 3 rings (SSSR count). The molecule has 0 atom stereocenters. The minimum absolute atomic E-state index is 0.736. The normalized spacial score (nSPS) is 10.8. The molecule has 4 heteroatoms. The van der Waals surface area contributed by atoms with E-state index in [2.05, 4.69) is 16.5 Å². The van der Waals surface area contributed by atoms with Gasteiger partial charge in [0, 0.05) is 10.9 Å². The average molecular weight is 254 g/mol. The van der Waals surface area contributed by atoms with Crippen LogP contribution in [-0.2, 0) is 0 Å². The zero-order valence-corrected chi connectivity index (χ0v) is 10.9. The molecule has 0 amide bonds. The number of nitrogens with one attached hydrogen (secondary N) is 1. The summed E-state index contributed by atoms with van der Waals surface area (Å²) < 4.78 is 10.7. The molecule has 0 aliphatic heterocycles. The van der Waals surface area contributed by atoms with Gasteiger partial charge in [0.25, 0.3) is 0 Å². The molecule has 96 valence electrons. The molecule has 0 fully saturated rings. The SMILES string of the molecule is C=Cc1ncc(OC)c2c1[nH]c1ccc(OC)cc12. The largest absolute Gasteiger partial charge is 0.497 e. The second-order valence-corrected chi connectivity index (χ2v) is 4.20. The van der Waals surface area contributed by atoms with Gasteiger partial charge in [0.15, 0.2) is 0 Å². The van der Waals surface area contributed by atoms with Crippen LogP contribution in [0.4, 0.5) is 0 Å². The second kappa shape index (κ2) is 4.31. The summed E-state index contributed by atoms with van der Waals surface area (Å²) in [5, 5.41) is 2.05. The van der Waals surface area contributed by atoms with Crippen LogP contribution >= 0.6 is 0 Å². The number of fused-ring (bicyclic) bond motifs is 3. The Kier molecular flexibility index (Phi) is 2.63. The summed E-state index contributed by atoms with van der Waals surface area (Å²) in [6, 6.07) is 5.90. The van der Waals surface area contributed by atoms with Crippen LogP contribution in [0.15, 0.2) is 31.0 Å². The number of methoxy groups -OCH3 is 2. The van der Waals surface area contributed by atoms with Crippen LogP contribution in [0.5, 0.6) is 11.5 Å². The zero-order valence-electron chi connectivity index (χ0n) is 10.9. The Morgan fingerprint density at radius 1 is 1.26 bits per heavy atom. The van der Waals surface area contributed by atoms with Crippen molar-refractivity contribution in [3.8, 4) is 11.5 Å². The van der Waals surface area contributed by atoms with Crippen LogP contribution in [0.25, 0.3) is 27.9 Å². The number of aromatic amines is 1. The minimum Gasteiger partial charge on any atom is -0.497 e. The van der Waals surface area contributed by atoms with Crippen LogP contribution in [-0.4, -0.2) is 24.2 Å². The van der Waals surface area contributed by atoms with Crippen LogP contribution < -0.4 is 9.47 Å². The smallest absolute Gasteiger partial charge is 0.147 e. The first-order chi connectivity index (χ1) is 9.28. The Bertz CT molecular complexity index is 775. The third kappa shape index (κ3) is 1.64. The Hall–Kier alpha value is -2.49. The van der Waals surface area contributed by atoms with E-state index in [9.17, 15) is 0 Å². The first kappa shape index (κ1) is 11.6. The summed E-state index contributed by atoms with van der Waals surface area (Å²) in [5.74, 6) is 1.55. The van der Waals surface area contributed by atoms with Crippen LogP contribution in [0, 0.1) is 0 Å². The fraction of sp³-hybridized carbons (Fsp3) is 0.133. The Labute approximate surface area is 110 Å². The lowest BCUT2D eigenvalue weighted by Crippen LogP contribution is -1.89. The molecule has 0 aliphatic rings. The zero-order chi connectivity index (χ0) is 13.4. The summed E-state index contributed by atoms with van der Waals surface area (Å²) in [7, 11) is 3.30. The molecule has 2 aromatic heterocycles. The average Bonchev–Trinajstić information content (AvgIpc) is 2.84. The van der Waals surface area contributed by atoms with Gasteiger partial charge in [-0.2, -0.15) is 0 Å². The Balaban J connectivity index is 2.49. The molecule has 0 unspecified atom stereocenters. The van der Waals surface area contributed by atoms with Crippen molar-refractivity contribution in [3.05, 3.63) is 36.7 Å². The van der Waals surface area contributed by atoms with Gasteiger partial charge in [0.1, 0.15) is 11.5 Å². The third-order valence-electron chi connectivity index (χ3n) is 3.24. The highest BCUT2D eigenvalue weighted by Gasteiger charge is 2.13. The van der Waals surface area contributed by atoms with Crippen molar-refractivity contribution in [1.82, 2.24) is 9.97 Å². The number of rotatable bonds is 3. The molecule has 0 spiro atoms. The monoisotopic (exact) mass is 254 g/mol. The van der Waals surface area contributed by atoms with Crippen LogP contribution in [0.2, 0.25) is 0 Å². The van der Waals surface area contributed by atoms with Gasteiger partial charge in [-0.3, -0.25) is 4.98 Å². The topological polar surface area (TPSA) is 47.1 Å². The fourth-order valence-electron chi connectivity index (χ4n) is 2.31. The number of hydrogen-bond acceptors (Lipinski definition) is 3. The first-order valence-corrected chi connectivity index (χ1v) is 5.93. The summed E-state index contributed by atoms with van der Waals surface area (Å²) in [6.07, 6.45) is 3.44. The summed E-state index contributed by atoms with van der Waals surface area (Å²) in [5.41, 5.74) is 2.76. The van der Waals surface area contributed by atoms with Crippen molar-refractivity contribution in [1.29, 1.82) is 0 Å². The van der Waals surface area contributed by atoms with E-state index in [0.717, 1.165) is 39.0 Å². The molecule has 19 heavy (non-hydrogen) atoms. The van der Waals surface area contributed by atoms with Crippen molar-refractivity contribution in [2.45, 2.75) is 0 Å². The molecular weight excluding hydrogens is 240 g/mol. The number of aromatic nitrogens is 2. The standard InChI is InChI=1S/C15H14N2O2/c1-4-11-15-14(13(19-3)8-16-11)10-7-9(18-2)5-6-12(10)17-15/h4-8,17H,1H2,2-3H3. The van der Waals surface area contributed by atoms with Crippen molar-refractivity contribution in [2.75, 3.05) is 14.2 Å². The van der Waals surface area contributed by atoms with E-state index >= 15 is 0 Å². The van der Waals surface area contributed by atoms with Gasteiger partial charge < -0.3 is 14.5 Å². The van der Waals surface area contributed by atoms with Gasteiger partial charge in [-0.25, -0.2) is 0 Å². The van der Waals surface area contributed by atoms with Gasteiger partial charge in [-0.1, -0.05) is 6.58 Å². The molecule has 0 aliphatic carbocycles. The molecule has 0 radical (unpaired) electrons. The number of benzene rings is 1. The lowest BCUT2D eigenvalue weighted by Gasteiger charge is -2.04. The Morgan fingerprint density at radius 2 is 2.11 bits per heavy atom. The van der Waals surface area contributed by atoms with E-state index in [1.165, 1.54) is 0 Å². The second-order valence-electron chi connectivity index (χ2n) is 4.20. The molecule has 3 aromatic rings. The lowest BCUT2D eigenvalue weighted by atomic mass is 10.1. The Morgan fingerprint density at radius 3 is 2.79 bits per heavy atom. The summed E-state index contributed by atoms with van der Waals surface area (Å²) in [4.78, 5) is 7.68. The van der Waals surface area contributed by atoms with E-state index < -0.39 is 0 Å². The van der Waals surface area contributed by atoms with Crippen LogP contribution in [0.1, 0.15) is 5.69 Å². The number of pyridine rings is 1. The summed E-state index contributed by atoms with van der Waals surface area (Å²) >= 11 is 0. The number of nitrogens with zero attached hydrogens (tertiary/aromatic N) is 1. The van der Waals surface area contributed by atoms with E-state index in [1.54, 1.807) is 26.5 Å². The molecular formula is C15H14N2O2. The number of hydrogen-bond donors (Lipinski definition) is 1. The van der Waals surface area contributed by atoms with Crippen molar-refractivity contribution >= 4 is 27.9 Å². The quantitative estimate of drug-likeness (QED) is 0.779. The maximum absolute atomic E-state index is 5.41. The molecule has 0 saturated heterocycles. The van der Waals surface area contributed by atoms with E-state index in [-0.39, 0.29) is 0 Å². The molecule has 0 bridgehead atoms. The molecule has 0 saturated carbocycles. The van der Waals surface area contributed by atoms with Gasteiger partial charge in [-0.15, -0.1) is 0 Å². The van der Waals surface area contributed by atoms with Gasteiger partial charge in [-0.05, 0) is 24.3 Å². The highest BCUT2D eigenvalue weighted by Crippen LogP contribution is 2.35. The van der Waals surface area contributed by atoms with Crippen molar-refractivity contribution in [2.24, 2.45) is 0 Å². The number of ether oxygens (including phenoxy) is 2. The first-order valence-electron chi connectivity index (χ1n) is 5.93. The van der Waals surface area contributed by atoms with Gasteiger partial charge >= 0.3 is 0 Å². The number of H-pyrrole nitrogens is 1. The van der Waals surface area contributed by atoms with E-state index in [4.69, 9.17) is 9.47 Å². The third-order valence-corrected chi connectivity index (χ3v) is 3.24. The van der Waals surface area contributed by atoms with Crippen molar-refractivity contribution in [3.63, 3.8) is 0 Å². The highest BCUT2D eigenvalue weighted by atomic mass is 16.5. The molecule has 1 N–H and O–H groups in total. The van der Waals surface area contributed by atoms with Gasteiger partial charge in [0.2, 0.25) is 0 Å². The highest BCUT2D eigenvalue weighted by molar-refractivity contribution is 6.12. The maximum Gasteiger partial charge on any atom is 0.147 e. The minimum atomic E-state index is 0.736. The fourth-order valence-corrected chi connectivity index (χ4v) is 2.31. The van der Waals surface area contributed by atoms with Crippen LogP contribution in [0.3, 0.4) is 0 Å². The molecule has 1 aromatic carbocycles. The van der Waals surface area contributed by atoms with E-state index in [0.29, 0.717) is 0 Å². The van der Waals surface area contributed by atoms with Crippen molar-refractivity contribution < 1.29 is 9.47 Å². The summed E-state index contributed by atoms with van der Waals surface area (Å²) in [6.45, 7) is 3.79. The maximum atomic E-state index is 5.41. The lowest BCUT2D eigenvalue weighted by molar-refractivity contribution is 0.415. The predicted octanol–water partition coefficient (Wildman–Crippen LogP) is 3.38. The van der Waals surface area contributed by atoms with Gasteiger partial charge in [0.05, 0.1) is 37.0 Å². The molecule has 2 heterocycles. The predicted molar refractivity (Wildman–Crippen MR) is 76.8 cm³/mol.